The van der Waals surface area contributed by atoms with Gasteiger partial charge >= 0.3 is 0 Å². The molecule has 0 aliphatic carbocycles. The van der Waals surface area contributed by atoms with Crippen LogP contribution in [0.3, 0.4) is 0 Å². The summed E-state index contributed by atoms with van der Waals surface area (Å²) in [5.41, 5.74) is 36.1. The molecule has 10 rings (SSSR count). The molecule has 5 fully saturated rings. The summed E-state index contributed by atoms with van der Waals surface area (Å²) in [6.45, 7) is 40.4. The maximum atomic E-state index is 5.68. The molecule has 446 valence electrons. The fraction of sp³-hybridized carbons (Fsp3) is 0.623. The van der Waals surface area contributed by atoms with Gasteiger partial charge in [-0.05, 0) is 138 Å². The van der Waals surface area contributed by atoms with Crippen LogP contribution in [-0.2, 0) is 32.7 Å². The smallest absolute Gasteiger partial charge is 0.141 e. The monoisotopic (exact) mass is 1110 g/mol. The molecule has 5 saturated heterocycles. The summed E-state index contributed by atoms with van der Waals surface area (Å²) in [6, 6.07) is 9.90. The van der Waals surface area contributed by atoms with Crippen molar-refractivity contribution in [3.8, 4) is 0 Å². The second kappa shape index (κ2) is 35.3. The van der Waals surface area contributed by atoms with Gasteiger partial charge in [0, 0.05) is 136 Å². The van der Waals surface area contributed by atoms with E-state index in [4.69, 9.17) is 28.7 Å². The van der Waals surface area contributed by atoms with E-state index in [1.165, 1.54) is 139 Å². The van der Waals surface area contributed by atoms with Crippen LogP contribution in [0.2, 0.25) is 0 Å². The van der Waals surface area contributed by atoms with Gasteiger partial charge in [0.25, 0.3) is 0 Å². The first-order chi connectivity index (χ1) is 39.2. The lowest BCUT2D eigenvalue weighted by atomic mass is 10.1. The predicted octanol–water partition coefficient (Wildman–Crippen LogP) is 6.14. The summed E-state index contributed by atoms with van der Waals surface area (Å²) in [6.07, 6.45) is 19.6. The van der Waals surface area contributed by atoms with Crippen molar-refractivity contribution in [1.82, 2.24) is 74.1 Å². The van der Waals surface area contributed by atoms with E-state index in [0.29, 0.717) is 29.1 Å². The molecule has 81 heavy (non-hydrogen) atoms. The minimum atomic E-state index is 0.488. The normalized spacial score (nSPS) is 19.0. The molecular formula is C61H102N20. The molecule has 5 aliphatic heterocycles. The second-order valence-electron chi connectivity index (χ2n) is 22.8. The zero-order valence-corrected chi connectivity index (χ0v) is 50.4. The van der Waals surface area contributed by atoms with Crippen LogP contribution < -0.4 is 28.7 Å². The van der Waals surface area contributed by atoms with Crippen LogP contribution in [0.4, 0.5) is 29.1 Å². The Kier molecular flexibility index (Phi) is 28.1. The molecule has 20 nitrogen and oxygen atoms in total. The number of rotatable bonds is 16. The summed E-state index contributed by atoms with van der Waals surface area (Å²) in [5.74, 6) is 3.65. The Bertz CT molecular complexity index is 2340. The number of aromatic nitrogens is 7. The van der Waals surface area contributed by atoms with E-state index in [1.54, 1.807) is 24.8 Å². The number of nitrogen functional groups attached to an aromatic ring is 5. The number of anilines is 5. The summed E-state index contributed by atoms with van der Waals surface area (Å²) in [4.78, 5) is 49.2. The van der Waals surface area contributed by atoms with Crippen molar-refractivity contribution in [1.29, 1.82) is 0 Å². The molecule has 0 bridgehead atoms. The van der Waals surface area contributed by atoms with Gasteiger partial charge in [-0.1, -0.05) is 46.2 Å². The van der Waals surface area contributed by atoms with E-state index >= 15 is 0 Å². The molecule has 20 heteroatoms. The van der Waals surface area contributed by atoms with Crippen molar-refractivity contribution in [2.45, 2.75) is 119 Å². The van der Waals surface area contributed by atoms with Crippen molar-refractivity contribution in [3.63, 3.8) is 0 Å². The Morgan fingerprint density at radius 1 is 0.407 bits per heavy atom. The van der Waals surface area contributed by atoms with Crippen molar-refractivity contribution in [3.05, 3.63) is 107 Å². The zero-order valence-electron chi connectivity index (χ0n) is 50.4. The number of nitrogens with two attached hydrogens (primary N) is 5. The van der Waals surface area contributed by atoms with Crippen LogP contribution in [0.15, 0.2) is 67.5 Å². The Morgan fingerprint density at radius 3 is 1.30 bits per heavy atom. The van der Waals surface area contributed by atoms with E-state index in [9.17, 15) is 0 Å². The van der Waals surface area contributed by atoms with Crippen LogP contribution in [0.1, 0.15) is 112 Å². The Balaban J connectivity index is 0.000000164. The van der Waals surface area contributed by atoms with Gasteiger partial charge in [0.2, 0.25) is 0 Å². The van der Waals surface area contributed by atoms with Crippen LogP contribution in [0, 0.1) is 19.8 Å². The lowest BCUT2D eigenvalue weighted by Crippen LogP contribution is -2.46. The average Bonchev–Trinajstić information content (AvgIpc) is 3.88. The highest BCUT2D eigenvalue weighted by Crippen LogP contribution is 2.19. The molecule has 5 aliphatic rings. The number of hydrogen-bond acceptors (Lipinski definition) is 20. The van der Waals surface area contributed by atoms with E-state index in [2.05, 4.69) is 121 Å². The number of aryl methyl sites for hydroxylation is 2. The van der Waals surface area contributed by atoms with Gasteiger partial charge in [0.1, 0.15) is 29.1 Å². The van der Waals surface area contributed by atoms with Gasteiger partial charge in [0.05, 0.1) is 36.2 Å². The van der Waals surface area contributed by atoms with E-state index in [1.807, 2.05) is 37.5 Å². The van der Waals surface area contributed by atoms with Gasteiger partial charge in [-0.15, -0.1) is 0 Å². The van der Waals surface area contributed by atoms with Gasteiger partial charge in [0.15, 0.2) is 0 Å². The predicted molar refractivity (Wildman–Crippen MR) is 333 cm³/mol. The third-order valence-corrected chi connectivity index (χ3v) is 15.7. The first kappa shape index (κ1) is 64.5. The van der Waals surface area contributed by atoms with Gasteiger partial charge in [-0.2, -0.15) is 0 Å². The average molecular weight is 1120 g/mol. The molecule has 0 aromatic carbocycles. The summed E-state index contributed by atoms with van der Waals surface area (Å²) < 4.78 is 0. The number of piperazine rings is 3. The SMILES string of the molecule is CC1CCN(Cc2ccc(N)nc2)C1.CCCN1CCN(Cc2ccc(N)nc2C)CC1.CCCN1CCN(Cc2cnc(N)cc2C)CC1.CCCN1CCN(Cc2cnc(N)cn2)CC1.Nc1cnc(CN2CCCCC2)cn1. The van der Waals surface area contributed by atoms with Gasteiger partial charge in [-0.3, -0.25) is 34.5 Å². The maximum Gasteiger partial charge on any atom is 0.141 e. The molecule has 0 amide bonds. The van der Waals surface area contributed by atoms with Crippen LogP contribution in [0.5, 0.6) is 0 Å². The zero-order chi connectivity index (χ0) is 57.8. The van der Waals surface area contributed by atoms with E-state index in [0.717, 1.165) is 108 Å². The topological polar surface area (TPSA) is 246 Å². The lowest BCUT2D eigenvalue weighted by Gasteiger charge is -2.34. The quantitative estimate of drug-likeness (QED) is 0.0745. The molecule has 1 atom stereocenters. The first-order valence-electron chi connectivity index (χ1n) is 30.3. The maximum absolute atomic E-state index is 5.68. The highest BCUT2D eigenvalue weighted by molar-refractivity contribution is 5.36. The van der Waals surface area contributed by atoms with Crippen LogP contribution in [-0.4, -0.2) is 198 Å². The van der Waals surface area contributed by atoms with Crippen LogP contribution in [0.25, 0.3) is 0 Å². The highest BCUT2D eigenvalue weighted by Gasteiger charge is 2.21. The van der Waals surface area contributed by atoms with Gasteiger partial charge < -0.3 is 43.4 Å². The molecule has 0 spiro atoms. The van der Waals surface area contributed by atoms with Gasteiger partial charge in [-0.25, -0.2) is 24.9 Å². The molecule has 10 N–H and O–H groups in total. The van der Waals surface area contributed by atoms with Crippen molar-refractivity contribution < 1.29 is 0 Å². The molecule has 0 saturated carbocycles. The molecule has 5 aromatic heterocycles. The van der Waals surface area contributed by atoms with Crippen molar-refractivity contribution >= 4 is 29.1 Å². The molecule has 5 aromatic rings. The second-order valence-corrected chi connectivity index (χ2v) is 22.8. The number of hydrogen-bond donors (Lipinski definition) is 5. The number of nitrogens with zero attached hydrogens (tertiary/aromatic N) is 15. The fourth-order valence-electron chi connectivity index (χ4n) is 10.9. The molecule has 0 radical (unpaired) electrons. The largest absolute Gasteiger partial charge is 0.384 e. The molecule has 10 heterocycles. The van der Waals surface area contributed by atoms with Crippen molar-refractivity contribution in [2.75, 3.05) is 153 Å². The minimum Gasteiger partial charge on any atom is -0.384 e. The molecule has 1 unspecified atom stereocenters. The van der Waals surface area contributed by atoms with E-state index < -0.39 is 0 Å². The Morgan fingerprint density at radius 2 is 0.864 bits per heavy atom. The number of likely N-dealkylation sites (tertiary alicyclic amines) is 2. The van der Waals surface area contributed by atoms with E-state index in [-0.39, 0.29) is 0 Å². The molecular weight excluding hydrogens is 1010 g/mol. The summed E-state index contributed by atoms with van der Waals surface area (Å²) >= 11 is 0. The number of pyridine rings is 3. The lowest BCUT2D eigenvalue weighted by molar-refractivity contribution is 0.126. The Hall–Kier alpha value is -5.71. The minimum absolute atomic E-state index is 0.488. The van der Waals surface area contributed by atoms with Crippen molar-refractivity contribution in [2.24, 2.45) is 5.92 Å². The number of piperidine rings is 1. The Labute approximate surface area is 486 Å². The fourth-order valence-corrected chi connectivity index (χ4v) is 10.9. The van der Waals surface area contributed by atoms with Crippen LogP contribution >= 0.6 is 0 Å². The standard InChI is InChI=1S/2C14H24N4.C12H21N5.C11H17N3.C10H16N4/c1-3-6-17-7-9-18(10-8-17)11-13-4-5-14(15)16-12(13)2;1-3-4-17-5-7-18(8-6-17)11-13-10-16-14(15)9-12(13)2;1-2-3-16-4-6-17(7-5-16)10-11-8-15-12(13)9-14-11;1-9-4-5-14(7-9)8-10-2-3-11(12)13-6-10;11-10-7-12-9(6-13-10)8-14-4-2-1-3-5-14/h4-5H,3,6-11H2,1-2H3,(H2,15,16);9-10H,3-8,11H2,1-2H3,(H2,15,16);8-9H,2-7,10H2,1H3,(H2,13,15);2-3,6,9H,4-5,7-8H2,1H3,(H2,12,13);6-7H,1-5,8H2,(H2,11,13). The third kappa shape index (κ3) is 24.3. The summed E-state index contributed by atoms with van der Waals surface area (Å²) in [7, 11) is 0. The first-order valence-corrected chi connectivity index (χ1v) is 30.3. The highest BCUT2D eigenvalue weighted by atomic mass is 15.3. The third-order valence-electron chi connectivity index (χ3n) is 15.7. The summed E-state index contributed by atoms with van der Waals surface area (Å²) in [5, 5.41) is 0.